The molecule has 2 amide bonds. The van der Waals surface area contributed by atoms with Gasteiger partial charge < -0.3 is 19.7 Å². The third-order valence-electron chi connectivity index (χ3n) is 4.61. The standard InChI is InChI=1S/C22H27ClN2O4/c1-5-20(22(27)24-3)25(13-16-7-6-8-17(12-16)28-4)21(26)14-29-18-9-10-19(23)15(2)11-18/h6-12,20H,5,13-14H2,1-4H3,(H,24,27). The van der Waals surface area contributed by atoms with Crippen molar-refractivity contribution in [1.29, 1.82) is 0 Å². The van der Waals surface area contributed by atoms with Crippen molar-refractivity contribution in [2.24, 2.45) is 0 Å². The van der Waals surface area contributed by atoms with Crippen LogP contribution in [0.4, 0.5) is 0 Å². The average Bonchev–Trinajstić information content (AvgIpc) is 2.74. The van der Waals surface area contributed by atoms with Crippen LogP contribution in [0.2, 0.25) is 5.02 Å². The summed E-state index contributed by atoms with van der Waals surface area (Å²) < 4.78 is 10.9. The highest BCUT2D eigenvalue weighted by atomic mass is 35.5. The lowest BCUT2D eigenvalue weighted by molar-refractivity contribution is -0.142. The maximum Gasteiger partial charge on any atom is 0.261 e. The van der Waals surface area contributed by atoms with Gasteiger partial charge in [-0.3, -0.25) is 9.59 Å². The van der Waals surface area contributed by atoms with Crippen molar-refractivity contribution in [1.82, 2.24) is 10.2 Å². The largest absolute Gasteiger partial charge is 0.497 e. The lowest BCUT2D eigenvalue weighted by atomic mass is 10.1. The van der Waals surface area contributed by atoms with E-state index < -0.39 is 6.04 Å². The molecule has 1 N–H and O–H groups in total. The number of carbonyl (C=O) groups excluding carboxylic acids is 2. The molecule has 0 radical (unpaired) electrons. The molecule has 0 fully saturated rings. The zero-order chi connectivity index (χ0) is 21.4. The van der Waals surface area contributed by atoms with E-state index in [0.29, 0.717) is 22.9 Å². The first kappa shape index (κ1) is 22.6. The monoisotopic (exact) mass is 418 g/mol. The number of benzene rings is 2. The van der Waals surface area contributed by atoms with Gasteiger partial charge in [0.15, 0.2) is 6.61 Å². The number of hydrogen-bond donors (Lipinski definition) is 1. The van der Waals surface area contributed by atoms with E-state index in [-0.39, 0.29) is 25.0 Å². The van der Waals surface area contributed by atoms with E-state index in [1.165, 1.54) is 4.90 Å². The summed E-state index contributed by atoms with van der Waals surface area (Å²) in [5.74, 6) is 0.743. The van der Waals surface area contributed by atoms with Crippen LogP contribution in [-0.2, 0) is 16.1 Å². The molecular weight excluding hydrogens is 392 g/mol. The second-order valence-electron chi connectivity index (χ2n) is 6.61. The van der Waals surface area contributed by atoms with Gasteiger partial charge in [0.1, 0.15) is 17.5 Å². The molecule has 0 aromatic heterocycles. The van der Waals surface area contributed by atoms with Crippen molar-refractivity contribution >= 4 is 23.4 Å². The van der Waals surface area contributed by atoms with E-state index in [4.69, 9.17) is 21.1 Å². The van der Waals surface area contributed by atoms with E-state index in [1.807, 2.05) is 38.1 Å². The smallest absolute Gasteiger partial charge is 0.261 e. The van der Waals surface area contributed by atoms with Crippen molar-refractivity contribution in [2.75, 3.05) is 20.8 Å². The number of aryl methyl sites for hydroxylation is 1. The minimum absolute atomic E-state index is 0.182. The Balaban J connectivity index is 2.21. The molecule has 2 aromatic carbocycles. The zero-order valence-electron chi connectivity index (χ0n) is 17.2. The molecule has 1 atom stereocenters. The number of halogens is 1. The fourth-order valence-corrected chi connectivity index (χ4v) is 3.11. The highest BCUT2D eigenvalue weighted by Gasteiger charge is 2.28. The predicted octanol–water partition coefficient (Wildman–Crippen LogP) is 3.59. The zero-order valence-corrected chi connectivity index (χ0v) is 18.0. The van der Waals surface area contributed by atoms with Crippen LogP contribution in [0.3, 0.4) is 0 Å². The summed E-state index contributed by atoms with van der Waals surface area (Å²) in [5.41, 5.74) is 1.73. The Kier molecular flexibility index (Phi) is 8.34. The van der Waals surface area contributed by atoms with Gasteiger partial charge in [-0.15, -0.1) is 0 Å². The fourth-order valence-electron chi connectivity index (χ4n) is 2.99. The van der Waals surface area contributed by atoms with Crippen molar-refractivity contribution < 1.29 is 19.1 Å². The minimum atomic E-state index is -0.603. The second-order valence-corrected chi connectivity index (χ2v) is 7.02. The highest BCUT2D eigenvalue weighted by molar-refractivity contribution is 6.31. The molecule has 0 saturated carbocycles. The van der Waals surface area contributed by atoms with Gasteiger partial charge in [-0.05, 0) is 54.8 Å². The van der Waals surface area contributed by atoms with Gasteiger partial charge >= 0.3 is 0 Å². The Hall–Kier alpha value is -2.73. The minimum Gasteiger partial charge on any atom is -0.497 e. The van der Waals surface area contributed by atoms with E-state index in [0.717, 1.165) is 11.1 Å². The summed E-state index contributed by atoms with van der Waals surface area (Å²) >= 11 is 6.03. The number of rotatable bonds is 9. The van der Waals surface area contributed by atoms with Crippen LogP contribution in [0.25, 0.3) is 0 Å². The number of likely N-dealkylation sites (N-methyl/N-ethyl adjacent to an activating group) is 1. The van der Waals surface area contributed by atoms with Gasteiger partial charge in [0, 0.05) is 18.6 Å². The summed E-state index contributed by atoms with van der Waals surface area (Å²) in [6, 6.07) is 12.0. The fraction of sp³-hybridized carbons (Fsp3) is 0.364. The molecule has 0 aliphatic rings. The molecule has 0 bridgehead atoms. The molecule has 0 saturated heterocycles. The number of ether oxygens (including phenoxy) is 2. The quantitative estimate of drug-likeness (QED) is 0.675. The van der Waals surface area contributed by atoms with Crippen molar-refractivity contribution in [2.45, 2.75) is 32.9 Å². The molecule has 2 rings (SSSR count). The van der Waals surface area contributed by atoms with Gasteiger partial charge in [0.25, 0.3) is 5.91 Å². The summed E-state index contributed by atoms with van der Waals surface area (Å²) in [5, 5.41) is 3.27. The second kappa shape index (κ2) is 10.7. The Labute approximate surface area is 176 Å². The van der Waals surface area contributed by atoms with Gasteiger partial charge in [0.05, 0.1) is 7.11 Å². The molecule has 0 spiro atoms. The third kappa shape index (κ3) is 6.12. The molecule has 6 nitrogen and oxygen atoms in total. The first-order valence-corrected chi connectivity index (χ1v) is 9.80. The maximum absolute atomic E-state index is 13.0. The van der Waals surface area contributed by atoms with E-state index >= 15 is 0 Å². The number of nitrogens with zero attached hydrogens (tertiary/aromatic N) is 1. The molecule has 156 valence electrons. The highest BCUT2D eigenvalue weighted by Crippen LogP contribution is 2.22. The van der Waals surface area contributed by atoms with Gasteiger partial charge in [0.2, 0.25) is 5.91 Å². The molecular formula is C22H27ClN2O4. The van der Waals surface area contributed by atoms with Crippen LogP contribution < -0.4 is 14.8 Å². The first-order valence-electron chi connectivity index (χ1n) is 9.42. The molecule has 0 heterocycles. The molecule has 0 aliphatic carbocycles. The number of nitrogens with one attached hydrogen (secondary N) is 1. The predicted molar refractivity (Wildman–Crippen MR) is 113 cm³/mol. The number of methoxy groups -OCH3 is 1. The van der Waals surface area contributed by atoms with Crippen LogP contribution in [0, 0.1) is 6.92 Å². The van der Waals surface area contributed by atoms with Crippen LogP contribution in [0.1, 0.15) is 24.5 Å². The molecule has 1 unspecified atom stereocenters. The van der Waals surface area contributed by atoms with Gasteiger partial charge in [-0.25, -0.2) is 0 Å². The topological polar surface area (TPSA) is 67.9 Å². The Morgan fingerprint density at radius 1 is 1.17 bits per heavy atom. The van der Waals surface area contributed by atoms with Crippen molar-refractivity contribution in [3.63, 3.8) is 0 Å². The Morgan fingerprint density at radius 3 is 2.55 bits per heavy atom. The third-order valence-corrected chi connectivity index (χ3v) is 5.04. The van der Waals surface area contributed by atoms with Crippen LogP contribution >= 0.6 is 11.6 Å². The van der Waals surface area contributed by atoms with Crippen LogP contribution in [0.15, 0.2) is 42.5 Å². The molecule has 0 aliphatic heterocycles. The molecule has 29 heavy (non-hydrogen) atoms. The molecule has 2 aromatic rings. The van der Waals surface area contributed by atoms with E-state index in [2.05, 4.69) is 5.32 Å². The lowest BCUT2D eigenvalue weighted by Gasteiger charge is -2.30. The first-order chi connectivity index (χ1) is 13.9. The van der Waals surface area contributed by atoms with Crippen molar-refractivity contribution in [3.05, 3.63) is 58.6 Å². The summed E-state index contributed by atoms with van der Waals surface area (Å²) in [6.45, 7) is 3.82. The lowest BCUT2D eigenvalue weighted by Crippen LogP contribution is -2.49. The summed E-state index contributed by atoms with van der Waals surface area (Å²) in [7, 11) is 3.15. The number of carbonyl (C=O) groups is 2. The summed E-state index contributed by atoms with van der Waals surface area (Å²) in [4.78, 5) is 26.9. The molecule has 7 heteroatoms. The SMILES string of the molecule is CCC(C(=O)NC)N(Cc1cccc(OC)c1)C(=O)COc1ccc(Cl)c(C)c1. The maximum atomic E-state index is 13.0. The number of hydrogen-bond acceptors (Lipinski definition) is 4. The van der Waals surface area contributed by atoms with E-state index in [9.17, 15) is 9.59 Å². The average molecular weight is 419 g/mol. The van der Waals surface area contributed by atoms with Crippen LogP contribution in [-0.4, -0.2) is 43.5 Å². The van der Waals surface area contributed by atoms with Gasteiger partial charge in [-0.1, -0.05) is 30.7 Å². The van der Waals surface area contributed by atoms with E-state index in [1.54, 1.807) is 32.4 Å². The number of amides is 2. The Bertz CT molecular complexity index is 856. The normalized spacial score (nSPS) is 11.5. The van der Waals surface area contributed by atoms with Gasteiger partial charge in [-0.2, -0.15) is 0 Å². The Morgan fingerprint density at radius 2 is 1.93 bits per heavy atom. The van der Waals surface area contributed by atoms with Crippen LogP contribution in [0.5, 0.6) is 11.5 Å². The van der Waals surface area contributed by atoms with Crippen molar-refractivity contribution in [3.8, 4) is 11.5 Å². The summed E-state index contributed by atoms with van der Waals surface area (Å²) in [6.07, 6.45) is 0.482.